The molecule has 1 amide bonds. The summed E-state index contributed by atoms with van der Waals surface area (Å²) in [4.78, 5) is 15.9. The molecule has 0 radical (unpaired) electrons. The average molecular weight is 387 g/mol. The molecule has 1 atom stereocenters. The Morgan fingerprint density at radius 1 is 1.04 bits per heavy atom. The molecule has 0 bridgehead atoms. The van der Waals surface area contributed by atoms with Crippen LogP contribution < -0.4 is 5.32 Å². The largest absolute Gasteiger partial charge is 0.339 e. The Morgan fingerprint density at radius 2 is 1.64 bits per heavy atom. The molecular weight excluding hydrogens is 348 g/mol. The number of carbonyl (C=O) groups is 1. The van der Waals surface area contributed by atoms with Gasteiger partial charge in [-0.25, -0.2) is 0 Å². The van der Waals surface area contributed by atoms with E-state index >= 15 is 0 Å². The number of piperidine rings is 1. The first-order valence-corrected chi connectivity index (χ1v) is 10.9. The van der Waals surface area contributed by atoms with Crippen LogP contribution in [0.3, 0.4) is 0 Å². The number of hydrogen-bond acceptors (Lipinski definition) is 3. The van der Waals surface area contributed by atoms with E-state index in [0.717, 1.165) is 44.1 Å². The molecule has 1 N–H and O–H groups in total. The summed E-state index contributed by atoms with van der Waals surface area (Å²) in [6.07, 6.45) is 5.22. The zero-order chi connectivity index (χ0) is 20.6. The van der Waals surface area contributed by atoms with Gasteiger partial charge >= 0.3 is 0 Å². The fourth-order valence-electron chi connectivity index (χ4n) is 5.61. The Morgan fingerprint density at radius 3 is 2.18 bits per heavy atom. The van der Waals surface area contributed by atoms with Gasteiger partial charge in [0, 0.05) is 30.5 Å². The number of ether oxygens (including phenoxy) is 1. The van der Waals surface area contributed by atoms with E-state index in [-0.39, 0.29) is 17.0 Å². The van der Waals surface area contributed by atoms with Gasteiger partial charge in [-0.3, -0.25) is 4.79 Å². The lowest BCUT2D eigenvalue weighted by Crippen LogP contribution is -2.67. The molecule has 2 fully saturated rings. The van der Waals surface area contributed by atoms with Crippen LogP contribution in [-0.2, 0) is 16.1 Å². The van der Waals surface area contributed by atoms with Crippen molar-refractivity contribution in [3.05, 3.63) is 35.9 Å². The fourth-order valence-corrected chi connectivity index (χ4v) is 5.61. The zero-order valence-electron chi connectivity index (χ0n) is 18.6. The standard InChI is InChI=1S/C24H38N2O2/c1-7-9-15-23(8-2)20(27)26(16-19-13-11-10-12-14-19)24(28-23)17-21(3,4)25-22(5,6)18-24/h10-14,25H,7-9,15-18H2,1-6H3. The molecule has 4 nitrogen and oxygen atoms in total. The molecule has 4 heteroatoms. The van der Waals surface area contributed by atoms with E-state index in [9.17, 15) is 4.79 Å². The number of unbranched alkanes of at least 4 members (excludes halogenated alkanes) is 1. The number of amides is 1. The van der Waals surface area contributed by atoms with Crippen molar-refractivity contribution in [3.63, 3.8) is 0 Å². The van der Waals surface area contributed by atoms with Crippen LogP contribution in [0.15, 0.2) is 30.3 Å². The summed E-state index contributed by atoms with van der Waals surface area (Å²) in [6, 6.07) is 10.3. The highest BCUT2D eigenvalue weighted by Gasteiger charge is 2.63. The summed E-state index contributed by atoms with van der Waals surface area (Å²) in [5.74, 6) is 0.181. The predicted molar refractivity (Wildman–Crippen MR) is 114 cm³/mol. The summed E-state index contributed by atoms with van der Waals surface area (Å²) in [7, 11) is 0. The molecule has 0 aliphatic carbocycles. The highest BCUT2D eigenvalue weighted by Crippen LogP contribution is 2.50. The van der Waals surface area contributed by atoms with Crippen LogP contribution >= 0.6 is 0 Å². The Labute approximate surface area is 171 Å². The summed E-state index contributed by atoms with van der Waals surface area (Å²) >= 11 is 0. The molecule has 2 saturated heterocycles. The molecule has 2 aliphatic heterocycles. The maximum atomic E-state index is 13.8. The number of hydrogen-bond donors (Lipinski definition) is 1. The van der Waals surface area contributed by atoms with E-state index in [1.807, 2.05) is 18.2 Å². The van der Waals surface area contributed by atoms with Gasteiger partial charge in [0.15, 0.2) is 0 Å². The SMILES string of the molecule is CCCCC1(CC)OC2(CC(C)(C)NC(C)(C)C2)N(Cc2ccccc2)C1=O. The normalized spacial score (nSPS) is 28.1. The molecule has 0 aromatic heterocycles. The van der Waals surface area contributed by atoms with Crippen LogP contribution in [0.5, 0.6) is 0 Å². The van der Waals surface area contributed by atoms with Crippen LogP contribution in [0.25, 0.3) is 0 Å². The van der Waals surface area contributed by atoms with Gasteiger partial charge < -0.3 is 15.0 Å². The van der Waals surface area contributed by atoms with Crippen molar-refractivity contribution in [3.8, 4) is 0 Å². The average Bonchev–Trinajstić information content (AvgIpc) is 2.80. The van der Waals surface area contributed by atoms with Crippen LogP contribution in [0.2, 0.25) is 0 Å². The third kappa shape index (κ3) is 3.99. The molecule has 156 valence electrons. The first kappa shape index (κ1) is 21.3. The number of carbonyl (C=O) groups excluding carboxylic acids is 1. The monoisotopic (exact) mass is 386 g/mol. The maximum Gasteiger partial charge on any atom is 0.257 e. The van der Waals surface area contributed by atoms with Gasteiger partial charge in [-0.2, -0.15) is 0 Å². The number of nitrogens with zero attached hydrogens (tertiary/aromatic N) is 1. The highest BCUT2D eigenvalue weighted by atomic mass is 16.6. The highest BCUT2D eigenvalue weighted by molar-refractivity contribution is 5.88. The van der Waals surface area contributed by atoms with Crippen LogP contribution in [0, 0.1) is 0 Å². The number of nitrogens with one attached hydrogen (secondary N) is 1. The van der Waals surface area contributed by atoms with Gasteiger partial charge in [-0.1, -0.05) is 57.0 Å². The second-order valence-corrected chi connectivity index (χ2v) is 10.1. The third-order valence-electron chi connectivity index (χ3n) is 6.31. The van der Waals surface area contributed by atoms with Gasteiger partial charge in [0.2, 0.25) is 0 Å². The lowest BCUT2D eigenvalue weighted by atomic mass is 9.76. The minimum Gasteiger partial charge on any atom is -0.339 e. The van der Waals surface area contributed by atoms with Crippen LogP contribution in [0.1, 0.15) is 85.6 Å². The van der Waals surface area contributed by atoms with Crippen molar-refractivity contribution in [2.24, 2.45) is 0 Å². The van der Waals surface area contributed by atoms with Crippen molar-refractivity contribution >= 4 is 5.91 Å². The molecular formula is C24H38N2O2. The minimum atomic E-state index is -0.686. The lowest BCUT2D eigenvalue weighted by molar-refractivity contribution is -0.189. The van der Waals surface area contributed by atoms with Crippen molar-refractivity contribution in [1.82, 2.24) is 10.2 Å². The van der Waals surface area contributed by atoms with E-state index < -0.39 is 11.3 Å². The Hall–Kier alpha value is -1.39. The third-order valence-corrected chi connectivity index (χ3v) is 6.31. The predicted octanol–water partition coefficient (Wildman–Crippen LogP) is 5.02. The van der Waals surface area contributed by atoms with Crippen molar-refractivity contribution in [2.45, 2.75) is 109 Å². The van der Waals surface area contributed by atoms with Gasteiger partial charge in [-0.05, 0) is 46.1 Å². The van der Waals surface area contributed by atoms with Gasteiger partial charge in [-0.15, -0.1) is 0 Å². The smallest absolute Gasteiger partial charge is 0.257 e. The van der Waals surface area contributed by atoms with Crippen molar-refractivity contribution < 1.29 is 9.53 Å². The molecule has 3 rings (SSSR count). The summed E-state index contributed by atoms with van der Waals surface area (Å²) < 4.78 is 6.93. The fraction of sp³-hybridized carbons (Fsp3) is 0.708. The molecule has 1 unspecified atom stereocenters. The second kappa shape index (κ2) is 7.46. The number of rotatable bonds is 6. The maximum absolute atomic E-state index is 13.8. The Bertz CT molecular complexity index is 682. The van der Waals surface area contributed by atoms with E-state index in [4.69, 9.17) is 4.74 Å². The van der Waals surface area contributed by atoms with E-state index in [1.165, 1.54) is 0 Å². The van der Waals surface area contributed by atoms with Crippen molar-refractivity contribution in [2.75, 3.05) is 0 Å². The first-order valence-electron chi connectivity index (χ1n) is 10.9. The molecule has 1 aromatic rings. The molecule has 2 aliphatic rings. The summed E-state index contributed by atoms with van der Waals surface area (Å²) in [6.45, 7) is 13.8. The Balaban J connectivity index is 2.04. The van der Waals surface area contributed by atoms with E-state index in [0.29, 0.717) is 6.54 Å². The lowest BCUT2D eigenvalue weighted by Gasteiger charge is -2.53. The topological polar surface area (TPSA) is 41.6 Å². The van der Waals surface area contributed by atoms with Gasteiger partial charge in [0.05, 0.1) is 0 Å². The minimum absolute atomic E-state index is 0.106. The zero-order valence-corrected chi connectivity index (χ0v) is 18.6. The summed E-state index contributed by atoms with van der Waals surface area (Å²) in [5, 5.41) is 3.75. The van der Waals surface area contributed by atoms with Gasteiger partial charge in [0.25, 0.3) is 5.91 Å². The molecule has 1 spiro atoms. The summed E-state index contributed by atoms with van der Waals surface area (Å²) in [5.41, 5.74) is -0.296. The molecule has 0 saturated carbocycles. The van der Waals surface area contributed by atoms with E-state index in [2.05, 4.69) is 63.9 Å². The van der Waals surface area contributed by atoms with Gasteiger partial charge in [0.1, 0.15) is 11.3 Å². The van der Waals surface area contributed by atoms with Crippen LogP contribution in [-0.4, -0.2) is 33.2 Å². The quantitative estimate of drug-likeness (QED) is 0.746. The first-order chi connectivity index (χ1) is 13.1. The second-order valence-electron chi connectivity index (χ2n) is 10.1. The molecule has 2 heterocycles. The number of benzene rings is 1. The van der Waals surface area contributed by atoms with Crippen molar-refractivity contribution in [1.29, 1.82) is 0 Å². The van der Waals surface area contributed by atoms with E-state index in [1.54, 1.807) is 0 Å². The van der Waals surface area contributed by atoms with Crippen LogP contribution in [0.4, 0.5) is 0 Å². The molecule has 1 aromatic carbocycles. The molecule has 28 heavy (non-hydrogen) atoms. The Kier molecular flexibility index (Phi) is 5.68.